The van der Waals surface area contributed by atoms with Gasteiger partial charge in [0.15, 0.2) is 5.96 Å². The first-order valence-corrected chi connectivity index (χ1v) is 4.26. The third kappa shape index (κ3) is 2.12. The molecule has 7 nitrogen and oxygen atoms in total. The predicted molar refractivity (Wildman–Crippen MR) is 52.5 cm³/mol. The van der Waals surface area contributed by atoms with Crippen molar-refractivity contribution >= 4 is 17.8 Å². The summed E-state index contributed by atoms with van der Waals surface area (Å²) >= 11 is 0. The molecule has 1 rings (SSSR count). The van der Waals surface area contributed by atoms with E-state index >= 15 is 0 Å². The van der Waals surface area contributed by atoms with Crippen LogP contribution in [0.15, 0.2) is 4.99 Å². The van der Waals surface area contributed by atoms with Crippen molar-refractivity contribution in [1.29, 1.82) is 5.41 Å². The van der Waals surface area contributed by atoms with Gasteiger partial charge in [-0.05, 0) is 12.8 Å². The lowest BCUT2D eigenvalue weighted by molar-refractivity contribution is -0.121. The molecule has 0 saturated carbocycles. The second kappa shape index (κ2) is 3.95. The zero-order valence-electron chi connectivity index (χ0n) is 7.73. The van der Waals surface area contributed by atoms with Crippen molar-refractivity contribution in [3.8, 4) is 0 Å². The first-order chi connectivity index (χ1) is 6.52. The molecule has 0 aromatic rings. The maximum Gasteiger partial charge on any atom is 0.240 e. The molecule has 0 radical (unpaired) electrons. The molecule has 14 heavy (non-hydrogen) atoms. The molecular weight excluding hydrogens is 184 g/mol. The van der Waals surface area contributed by atoms with Crippen molar-refractivity contribution < 1.29 is 4.79 Å². The SMILES string of the molecule is N=C(N=C(N)N)N1CCCC1C(N)=O. The summed E-state index contributed by atoms with van der Waals surface area (Å²) in [4.78, 5) is 16.0. The van der Waals surface area contributed by atoms with Gasteiger partial charge >= 0.3 is 0 Å². The van der Waals surface area contributed by atoms with Crippen molar-refractivity contribution in [2.24, 2.45) is 22.2 Å². The molecule has 0 aromatic carbocycles. The van der Waals surface area contributed by atoms with E-state index in [0.717, 1.165) is 6.42 Å². The van der Waals surface area contributed by atoms with Crippen LogP contribution in [0, 0.1) is 5.41 Å². The summed E-state index contributed by atoms with van der Waals surface area (Å²) in [5.74, 6) is -0.741. The fourth-order valence-corrected chi connectivity index (χ4v) is 1.50. The summed E-state index contributed by atoms with van der Waals surface area (Å²) in [5.41, 5.74) is 15.4. The van der Waals surface area contributed by atoms with Crippen LogP contribution in [0.3, 0.4) is 0 Å². The Morgan fingerprint density at radius 1 is 1.43 bits per heavy atom. The number of hydrogen-bond donors (Lipinski definition) is 4. The van der Waals surface area contributed by atoms with Gasteiger partial charge in [0, 0.05) is 6.54 Å². The first kappa shape index (κ1) is 10.3. The topological polar surface area (TPSA) is 135 Å². The molecule has 0 bridgehead atoms. The molecule has 78 valence electrons. The highest BCUT2D eigenvalue weighted by Gasteiger charge is 2.30. The van der Waals surface area contributed by atoms with Gasteiger partial charge in [-0.15, -0.1) is 0 Å². The van der Waals surface area contributed by atoms with Crippen LogP contribution in [0.25, 0.3) is 0 Å². The number of likely N-dealkylation sites (tertiary alicyclic amines) is 1. The molecule has 1 atom stereocenters. The number of aliphatic imine (C=N–C) groups is 1. The van der Waals surface area contributed by atoms with E-state index in [2.05, 4.69) is 4.99 Å². The number of guanidine groups is 2. The molecule has 1 aliphatic heterocycles. The number of rotatable bonds is 1. The van der Waals surface area contributed by atoms with Gasteiger partial charge in [0.1, 0.15) is 6.04 Å². The molecular formula is C7H14N6O. The minimum atomic E-state index is -0.453. The number of nitrogens with zero attached hydrogens (tertiary/aromatic N) is 2. The Balaban J connectivity index is 2.72. The lowest BCUT2D eigenvalue weighted by atomic mass is 10.2. The maximum atomic E-state index is 11.0. The summed E-state index contributed by atoms with van der Waals surface area (Å²) in [7, 11) is 0. The lowest BCUT2D eigenvalue weighted by Gasteiger charge is -2.21. The highest BCUT2D eigenvalue weighted by atomic mass is 16.1. The second-order valence-corrected chi connectivity index (χ2v) is 3.11. The van der Waals surface area contributed by atoms with Crippen molar-refractivity contribution in [3.63, 3.8) is 0 Å². The molecule has 1 amide bonds. The first-order valence-electron chi connectivity index (χ1n) is 4.26. The van der Waals surface area contributed by atoms with Gasteiger partial charge in [0.2, 0.25) is 11.9 Å². The van der Waals surface area contributed by atoms with E-state index in [1.54, 1.807) is 0 Å². The lowest BCUT2D eigenvalue weighted by Crippen LogP contribution is -2.43. The molecule has 1 unspecified atom stereocenters. The standard InChI is InChI=1S/C7H14N6O/c8-5(14)4-2-1-3-13(4)7(11)12-6(9)10/h4H,1-3H2,(H2,8,14)(H5,9,10,11,12). The van der Waals surface area contributed by atoms with E-state index in [1.807, 2.05) is 0 Å². The third-order valence-electron chi connectivity index (χ3n) is 2.09. The van der Waals surface area contributed by atoms with Crippen LogP contribution < -0.4 is 17.2 Å². The van der Waals surface area contributed by atoms with Gasteiger partial charge in [-0.2, -0.15) is 4.99 Å². The molecule has 7 N–H and O–H groups in total. The minimum absolute atomic E-state index is 0.105. The van der Waals surface area contributed by atoms with E-state index in [1.165, 1.54) is 4.90 Å². The summed E-state index contributed by atoms with van der Waals surface area (Å²) < 4.78 is 0. The molecule has 1 aliphatic rings. The van der Waals surface area contributed by atoms with Gasteiger partial charge in [0.25, 0.3) is 0 Å². The quantitative estimate of drug-likeness (QED) is 0.290. The Hall–Kier alpha value is -1.79. The fraction of sp³-hybridized carbons (Fsp3) is 0.571. The Morgan fingerprint density at radius 3 is 2.57 bits per heavy atom. The summed E-state index contributed by atoms with van der Waals surface area (Å²) in [5, 5.41) is 7.51. The van der Waals surface area contributed by atoms with Crippen LogP contribution in [0.5, 0.6) is 0 Å². The van der Waals surface area contributed by atoms with Crippen molar-refractivity contribution in [3.05, 3.63) is 0 Å². The highest BCUT2D eigenvalue weighted by molar-refractivity contribution is 5.94. The summed E-state index contributed by atoms with van der Waals surface area (Å²) in [6, 6.07) is -0.453. The number of hydrogen-bond acceptors (Lipinski definition) is 2. The minimum Gasteiger partial charge on any atom is -0.370 e. The Bertz CT molecular complexity index is 282. The number of nitrogens with two attached hydrogens (primary N) is 3. The van der Waals surface area contributed by atoms with Crippen LogP contribution in [-0.4, -0.2) is 35.3 Å². The molecule has 1 fully saturated rings. The van der Waals surface area contributed by atoms with Crippen LogP contribution in [0.2, 0.25) is 0 Å². The zero-order valence-corrected chi connectivity index (χ0v) is 7.73. The molecule has 1 heterocycles. The summed E-state index contributed by atoms with van der Waals surface area (Å²) in [6.45, 7) is 0.587. The van der Waals surface area contributed by atoms with Crippen LogP contribution in [0.4, 0.5) is 0 Å². The van der Waals surface area contributed by atoms with Crippen LogP contribution in [0.1, 0.15) is 12.8 Å². The van der Waals surface area contributed by atoms with Gasteiger partial charge in [-0.3, -0.25) is 10.2 Å². The Labute approximate surface area is 81.4 Å². The monoisotopic (exact) mass is 198 g/mol. The summed E-state index contributed by atoms with van der Waals surface area (Å²) in [6.07, 6.45) is 1.47. The maximum absolute atomic E-state index is 11.0. The highest BCUT2D eigenvalue weighted by Crippen LogP contribution is 2.17. The van der Waals surface area contributed by atoms with Gasteiger partial charge in [-0.1, -0.05) is 0 Å². The second-order valence-electron chi connectivity index (χ2n) is 3.11. The van der Waals surface area contributed by atoms with Gasteiger partial charge in [0.05, 0.1) is 0 Å². The Kier molecular flexibility index (Phi) is 2.90. The zero-order chi connectivity index (χ0) is 10.7. The predicted octanol–water partition coefficient (Wildman–Crippen LogP) is -1.86. The van der Waals surface area contributed by atoms with E-state index in [4.69, 9.17) is 22.6 Å². The van der Waals surface area contributed by atoms with Crippen molar-refractivity contribution in [1.82, 2.24) is 4.90 Å². The van der Waals surface area contributed by atoms with Crippen LogP contribution >= 0.6 is 0 Å². The molecule has 1 saturated heterocycles. The molecule has 0 aliphatic carbocycles. The van der Waals surface area contributed by atoms with Gasteiger partial charge < -0.3 is 22.1 Å². The number of carbonyl (C=O) groups is 1. The van der Waals surface area contributed by atoms with E-state index < -0.39 is 11.9 Å². The molecule has 0 spiro atoms. The molecule has 0 aromatic heterocycles. The van der Waals surface area contributed by atoms with E-state index in [0.29, 0.717) is 13.0 Å². The number of amides is 1. The third-order valence-corrected chi connectivity index (χ3v) is 2.09. The fourth-order valence-electron chi connectivity index (χ4n) is 1.50. The number of carbonyl (C=O) groups excluding carboxylic acids is 1. The number of nitrogens with one attached hydrogen (secondary N) is 1. The van der Waals surface area contributed by atoms with E-state index in [-0.39, 0.29) is 11.9 Å². The van der Waals surface area contributed by atoms with E-state index in [9.17, 15) is 4.79 Å². The van der Waals surface area contributed by atoms with Crippen molar-refractivity contribution in [2.45, 2.75) is 18.9 Å². The number of primary amides is 1. The normalized spacial score (nSPS) is 20.6. The smallest absolute Gasteiger partial charge is 0.240 e. The van der Waals surface area contributed by atoms with Crippen molar-refractivity contribution in [2.75, 3.05) is 6.54 Å². The van der Waals surface area contributed by atoms with Gasteiger partial charge in [-0.25, -0.2) is 0 Å². The largest absolute Gasteiger partial charge is 0.370 e. The average molecular weight is 198 g/mol. The van der Waals surface area contributed by atoms with Crippen LogP contribution in [-0.2, 0) is 4.79 Å². The average Bonchev–Trinajstić information content (AvgIpc) is 2.49. The molecule has 7 heteroatoms. The Morgan fingerprint density at radius 2 is 2.07 bits per heavy atom.